The standard InChI is InChI=1S/C73H133NO18/c1-45(2)22-14-16-24-55-37-48(5)67(85)41-59(78)28-21-31-63(81)51(8)62(80)29-19-15-23-46(3)36-49(6)68-43-69(91-71-42-61(74(12)13)72(87)54(11)90-71)53(10)73(88,92-68)44-70(86)89-50(7)33-34-60(79)39-57(76)27-20-30-64(82)52(9)65(83)35-32-47(4)66(84)40-58(77)26-18-17-25-56(75)38-55/h15,19,23,33-34,37,45,47,49-69,71-72,75-85,87-88H,14,16-18,20-22,24-32,35-36,38-44H2,1-13H3/b19-15+,34-33+,46-23+,48-37+/t47-,49-,50?,51-,52+,53+,54+,55?,56?,57-,58-,59+,60+,61+,62+,63-,64-,65+,66+,67-,68-,69-,71?,72+,73?/m0/s1. The van der Waals surface area contributed by atoms with Crippen molar-refractivity contribution in [2.24, 2.45) is 41.4 Å². The Labute approximate surface area is 554 Å². The molecule has 2 bridgehead atoms. The van der Waals surface area contributed by atoms with Gasteiger partial charge in [-0.05, 0) is 173 Å². The summed E-state index contributed by atoms with van der Waals surface area (Å²) < 4.78 is 25.1. The number of carbonyl (C=O) groups is 1. The topological polar surface area (TPSA) is 320 Å². The minimum atomic E-state index is -2.02. The van der Waals surface area contributed by atoms with E-state index in [2.05, 4.69) is 19.9 Å². The number of nitrogens with zero attached hydrogens (tertiary/aromatic N) is 1. The maximum atomic E-state index is 13.7. The molecule has 538 valence electrons. The van der Waals surface area contributed by atoms with Gasteiger partial charge in [-0.15, -0.1) is 0 Å². The summed E-state index contributed by atoms with van der Waals surface area (Å²) in [6.45, 7) is 20.9. The van der Waals surface area contributed by atoms with Gasteiger partial charge >= 0.3 is 5.97 Å². The van der Waals surface area contributed by atoms with Gasteiger partial charge in [-0.2, -0.15) is 0 Å². The molecule has 13 N–H and O–H groups in total. The van der Waals surface area contributed by atoms with Gasteiger partial charge in [0.1, 0.15) is 6.10 Å². The first-order valence-corrected chi connectivity index (χ1v) is 35.6. The molecule has 3 aliphatic heterocycles. The summed E-state index contributed by atoms with van der Waals surface area (Å²) in [6, 6.07) is -0.249. The summed E-state index contributed by atoms with van der Waals surface area (Å²) in [4.78, 5) is 15.6. The van der Waals surface area contributed by atoms with Crippen molar-refractivity contribution in [2.45, 2.75) is 352 Å². The Bertz CT molecular complexity index is 2130. The van der Waals surface area contributed by atoms with E-state index < -0.39 is 140 Å². The van der Waals surface area contributed by atoms with Gasteiger partial charge in [0.05, 0.1) is 98.0 Å². The Morgan fingerprint density at radius 3 is 1.84 bits per heavy atom. The monoisotopic (exact) mass is 1310 g/mol. The average molecular weight is 1310 g/mol. The van der Waals surface area contributed by atoms with Crippen molar-refractivity contribution in [1.29, 1.82) is 0 Å². The molecule has 2 saturated heterocycles. The number of unbranched alkanes of at least 4 members (excludes halogenated alkanes) is 1. The lowest BCUT2D eigenvalue weighted by molar-refractivity contribution is -0.337. The zero-order valence-electron chi connectivity index (χ0n) is 58.9. The number of fused-ring (bicyclic) bond motifs is 2. The summed E-state index contributed by atoms with van der Waals surface area (Å²) in [6.07, 6.45) is 8.80. The van der Waals surface area contributed by atoms with Gasteiger partial charge < -0.3 is 90.2 Å². The third kappa shape index (κ3) is 31.5. The molecule has 3 heterocycles. The van der Waals surface area contributed by atoms with Crippen LogP contribution in [-0.4, -0.2) is 207 Å². The summed E-state index contributed by atoms with van der Waals surface area (Å²) in [5.41, 5.74) is 1.73. The van der Waals surface area contributed by atoms with Crippen LogP contribution in [0.1, 0.15) is 237 Å². The first-order chi connectivity index (χ1) is 43.2. The first-order valence-electron chi connectivity index (χ1n) is 35.6. The van der Waals surface area contributed by atoms with Crippen LogP contribution in [0.4, 0.5) is 0 Å². The molecule has 19 heteroatoms. The fraction of sp³-hybridized carbons (Fsp3) is 0.877. The maximum absolute atomic E-state index is 13.7. The fourth-order valence-corrected chi connectivity index (χ4v) is 13.5. The molecule has 3 rings (SSSR count). The van der Waals surface area contributed by atoms with Crippen LogP contribution >= 0.6 is 0 Å². The number of aliphatic hydroxyl groups is 13. The van der Waals surface area contributed by atoms with Crippen LogP contribution < -0.4 is 0 Å². The van der Waals surface area contributed by atoms with E-state index in [4.69, 9.17) is 18.9 Å². The molecule has 0 radical (unpaired) electrons. The lowest BCUT2D eigenvalue weighted by Crippen LogP contribution is -2.58. The van der Waals surface area contributed by atoms with Gasteiger partial charge in [0.15, 0.2) is 12.1 Å². The Kier molecular flexibility index (Phi) is 39.4. The second kappa shape index (κ2) is 43.2. The van der Waals surface area contributed by atoms with Crippen LogP contribution in [0.25, 0.3) is 0 Å². The number of likely N-dealkylation sites (N-methyl/N-ethyl adjacent to an activating group) is 1. The van der Waals surface area contributed by atoms with E-state index in [1.165, 1.54) is 12.2 Å². The van der Waals surface area contributed by atoms with Crippen molar-refractivity contribution in [2.75, 3.05) is 14.1 Å². The third-order valence-electron chi connectivity index (χ3n) is 20.4. The minimum absolute atomic E-state index is 0.0107. The molecule has 19 nitrogen and oxygen atoms in total. The summed E-state index contributed by atoms with van der Waals surface area (Å²) in [7, 11) is 3.77. The van der Waals surface area contributed by atoms with E-state index in [1.54, 1.807) is 34.6 Å². The highest BCUT2D eigenvalue weighted by Gasteiger charge is 2.51. The zero-order chi connectivity index (χ0) is 69.0. The SMILES string of the molecule is C/C1=C\C=C\C[C@@H](O)[C@H](C)[C@@H](O)CCC[C@@H](O)C[C@H](O)/C(C)=C/C(CCCCC(C)C)CC(O)CCCC[C@H](O)C[C@@H](O)[C@@H](C)CC[C@@H](O)[C@H](C)[C@@H](O)CCC[C@H](O)C[C@H](O)/C=C/C(C)OC(=O)CC2(O)O[C@@H](C[C@H](OC3C[C@@H](N(C)C)[C@H](O)[C@@H](C)O3)[C@H]2C)[C@@H](C)C1. The van der Waals surface area contributed by atoms with Crippen molar-refractivity contribution in [3.05, 3.63) is 47.6 Å². The number of ether oxygens (including phenoxy) is 4. The van der Waals surface area contributed by atoms with Crippen LogP contribution in [0.15, 0.2) is 47.6 Å². The highest BCUT2D eigenvalue weighted by atomic mass is 16.7. The molecule has 0 saturated carbocycles. The largest absolute Gasteiger partial charge is 0.458 e. The molecular formula is C73H133NO18. The molecular weight excluding hydrogens is 1180 g/mol. The van der Waals surface area contributed by atoms with E-state index >= 15 is 0 Å². The van der Waals surface area contributed by atoms with Crippen LogP contribution in [-0.2, 0) is 23.7 Å². The number of cyclic esters (lactones) is 1. The van der Waals surface area contributed by atoms with Gasteiger partial charge in [0, 0.05) is 49.5 Å². The van der Waals surface area contributed by atoms with Gasteiger partial charge in [-0.3, -0.25) is 4.79 Å². The first kappa shape index (κ1) is 84.0. The Morgan fingerprint density at radius 2 is 1.22 bits per heavy atom. The molecule has 0 aromatic rings. The van der Waals surface area contributed by atoms with E-state index in [1.807, 2.05) is 64.9 Å². The maximum Gasteiger partial charge on any atom is 0.311 e. The van der Waals surface area contributed by atoms with Gasteiger partial charge in [-0.25, -0.2) is 0 Å². The second-order valence-corrected chi connectivity index (χ2v) is 29.6. The number of esters is 1. The molecule has 0 spiro atoms. The number of allylic oxidation sites excluding steroid dienone is 4. The Morgan fingerprint density at radius 1 is 0.641 bits per heavy atom. The number of hydrogen-bond acceptors (Lipinski definition) is 19. The predicted molar refractivity (Wildman–Crippen MR) is 360 cm³/mol. The van der Waals surface area contributed by atoms with Crippen LogP contribution in [0.3, 0.4) is 0 Å². The molecule has 25 atom stereocenters. The molecule has 0 amide bonds. The van der Waals surface area contributed by atoms with E-state index in [-0.39, 0.29) is 49.5 Å². The van der Waals surface area contributed by atoms with E-state index in [9.17, 15) is 71.2 Å². The van der Waals surface area contributed by atoms with Crippen molar-refractivity contribution in [1.82, 2.24) is 4.90 Å². The predicted octanol–water partition coefficient (Wildman–Crippen LogP) is 8.62. The highest BCUT2D eigenvalue weighted by Crippen LogP contribution is 2.42. The fourth-order valence-electron chi connectivity index (χ4n) is 13.5. The van der Waals surface area contributed by atoms with Crippen molar-refractivity contribution in [3.63, 3.8) is 0 Å². The van der Waals surface area contributed by atoms with Crippen molar-refractivity contribution >= 4 is 5.97 Å². The molecule has 92 heavy (non-hydrogen) atoms. The molecule has 5 unspecified atom stereocenters. The van der Waals surface area contributed by atoms with Gasteiger partial charge in [-0.1, -0.05) is 117 Å². The van der Waals surface area contributed by atoms with Gasteiger partial charge in [0.25, 0.3) is 0 Å². The molecule has 0 aromatic heterocycles. The second-order valence-electron chi connectivity index (χ2n) is 29.6. The number of carbonyl (C=O) groups excluding carboxylic acids is 1. The lowest BCUT2D eigenvalue weighted by atomic mass is 9.81. The third-order valence-corrected chi connectivity index (χ3v) is 20.4. The highest BCUT2D eigenvalue weighted by molar-refractivity contribution is 5.71. The summed E-state index contributed by atoms with van der Waals surface area (Å²) in [5.74, 6) is -4.23. The van der Waals surface area contributed by atoms with Crippen LogP contribution in [0.2, 0.25) is 0 Å². The Balaban J connectivity index is 1.79. The van der Waals surface area contributed by atoms with Crippen molar-refractivity contribution in [3.8, 4) is 0 Å². The summed E-state index contributed by atoms with van der Waals surface area (Å²) >= 11 is 0. The molecule has 2 fully saturated rings. The zero-order valence-corrected chi connectivity index (χ0v) is 58.9. The van der Waals surface area contributed by atoms with Crippen LogP contribution in [0.5, 0.6) is 0 Å². The molecule has 3 aliphatic rings. The lowest BCUT2D eigenvalue weighted by Gasteiger charge is -2.49. The molecule has 0 aliphatic carbocycles. The smallest absolute Gasteiger partial charge is 0.311 e. The number of rotatable bonds is 8. The summed E-state index contributed by atoms with van der Waals surface area (Å²) in [5, 5.41) is 145. The Hall–Kier alpha value is -2.25. The normalized spacial score (nSPS) is 42.6. The number of hydrogen-bond donors (Lipinski definition) is 13. The average Bonchev–Trinajstić information content (AvgIpc) is 0.785. The van der Waals surface area contributed by atoms with E-state index in [0.717, 1.165) is 36.8 Å². The number of aliphatic hydroxyl groups excluding tert-OH is 12. The van der Waals surface area contributed by atoms with E-state index in [0.29, 0.717) is 109 Å². The van der Waals surface area contributed by atoms with Crippen LogP contribution in [0, 0.1) is 41.4 Å². The van der Waals surface area contributed by atoms with Crippen molar-refractivity contribution < 1.29 is 90.1 Å². The van der Waals surface area contributed by atoms with Gasteiger partial charge in [0.2, 0.25) is 0 Å². The molecule has 0 aromatic carbocycles. The quantitative estimate of drug-likeness (QED) is 0.0614. The minimum Gasteiger partial charge on any atom is -0.458 e.